The molecule has 0 aromatic heterocycles. The van der Waals surface area contributed by atoms with Crippen LogP contribution in [-0.2, 0) is 0 Å². The van der Waals surface area contributed by atoms with Crippen LogP contribution in [0.15, 0.2) is 12.4 Å². The first kappa shape index (κ1) is 29.4. The Hall–Kier alpha value is -0.660. The number of hydrogen-bond acceptors (Lipinski definition) is 2. The third-order valence-electron chi connectivity index (χ3n) is 7.32. The van der Waals surface area contributed by atoms with Gasteiger partial charge in [-0.2, -0.15) is 0 Å². The Morgan fingerprint density at radius 3 is 1.09 bits per heavy atom. The normalized spacial score (nSPS) is 15.9. The maximum atomic E-state index is 2.68. The number of unbranched alkanes of at least 4 members (excludes halogenated alkanes) is 18. The van der Waals surface area contributed by atoms with Crippen LogP contribution < -0.4 is 0 Å². The molecular formula is C30H60N2. The molecule has 0 saturated carbocycles. The molecule has 190 valence electrons. The van der Waals surface area contributed by atoms with E-state index in [-0.39, 0.29) is 0 Å². The lowest BCUT2D eigenvalue weighted by Gasteiger charge is -2.33. The van der Waals surface area contributed by atoms with Gasteiger partial charge in [-0.15, -0.1) is 0 Å². The van der Waals surface area contributed by atoms with Gasteiger partial charge in [-0.1, -0.05) is 136 Å². The lowest BCUT2D eigenvalue weighted by molar-refractivity contribution is 0.135. The van der Waals surface area contributed by atoms with E-state index in [1.54, 1.807) is 0 Å². The molecule has 2 nitrogen and oxygen atoms in total. The average molecular weight is 449 g/mol. The first-order valence-electron chi connectivity index (χ1n) is 15.0. The summed E-state index contributed by atoms with van der Waals surface area (Å²) in [7, 11) is 0. The molecule has 0 radical (unpaired) electrons. The van der Waals surface area contributed by atoms with Crippen LogP contribution in [-0.4, -0.2) is 29.1 Å². The van der Waals surface area contributed by atoms with E-state index in [1.165, 1.54) is 154 Å². The van der Waals surface area contributed by atoms with Crippen molar-refractivity contribution in [2.75, 3.05) is 13.1 Å². The average Bonchev–Trinajstić information content (AvgIpc) is 3.19. The fraction of sp³-hybridized carbons (Fsp3) is 0.933. The van der Waals surface area contributed by atoms with E-state index in [0.29, 0.717) is 6.17 Å². The van der Waals surface area contributed by atoms with Gasteiger partial charge in [-0.05, 0) is 25.7 Å². The fourth-order valence-corrected chi connectivity index (χ4v) is 5.13. The molecule has 0 bridgehead atoms. The molecule has 0 N–H and O–H groups in total. The molecule has 2 heteroatoms. The maximum absolute atomic E-state index is 2.68. The van der Waals surface area contributed by atoms with Gasteiger partial charge in [0.2, 0.25) is 0 Å². The van der Waals surface area contributed by atoms with Gasteiger partial charge < -0.3 is 9.80 Å². The molecule has 1 unspecified atom stereocenters. The molecule has 0 spiro atoms. The second kappa shape index (κ2) is 22.1. The van der Waals surface area contributed by atoms with Crippen molar-refractivity contribution in [3.05, 3.63) is 12.4 Å². The maximum Gasteiger partial charge on any atom is 0.101 e. The molecular weight excluding hydrogens is 388 g/mol. The van der Waals surface area contributed by atoms with Crippen LogP contribution >= 0.6 is 0 Å². The highest BCUT2D eigenvalue weighted by Crippen LogP contribution is 2.23. The minimum absolute atomic E-state index is 0.644. The number of rotatable bonds is 24. The molecule has 32 heavy (non-hydrogen) atoms. The highest BCUT2D eigenvalue weighted by Gasteiger charge is 2.24. The van der Waals surface area contributed by atoms with Gasteiger partial charge in [-0.3, -0.25) is 0 Å². The van der Waals surface area contributed by atoms with Crippen LogP contribution in [0.3, 0.4) is 0 Å². The van der Waals surface area contributed by atoms with Crippen molar-refractivity contribution in [2.24, 2.45) is 0 Å². The predicted octanol–water partition coefficient (Wildman–Crippen LogP) is 10.0. The quantitative estimate of drug-likeness (QED) is 0.135. The molecule has 0 aromatic carbocycles. The van der Waals surface area contributed by atoms with Gasteiger partial charge in [0.05, 0.1) is 0 Å². The summed E-state index contributed by atoms with van der Waals surface area (Å²) >= 11 is 0. The Morgan fingerprint density at radius 2 is 0.719 bits per heavy atom. The van der Waals surface area contributed by atoms with Crippen molar-refractivity contribution in [3.63, 3.8) is 0 Å². The van der Waals surface area contributed by atoms with Gasteiger partial charge in [-0.25, -0.2) is 0 Å². The minimum atomic E-state index is 0.644. The van der Waals surface area contributed by atoms with Crippen molar-refractivity contribution in [1.82, 2.24) is 9.80 Å². The molecule has 1 aliphatic heterocycles. The molecule has 1 rings (SSSR count). The van der Waals surface area contributed by atoms with Crippen LogP contribution in [0.1, 0.15) is 162 Å². The molecule has 0 amide bonds. The smallest absolute Gasteiger partial charge is 0.101 e. The summed E-state index contributed by atoms with van der Waals surface area (Å²) in [6, 6.07) is 0. The van der Waals surface area contributed by atoms with Crippen molar-refractivity contribution >= 4 is 0 Å². The van der Waals surface area contributed by atoms with E-state index in [4.69, 9.17) is 0 Å². The van der Waals surface area contributed by atoms with Crippen LogP contribution in [0.5, 0.6) is 0 Å². The monoisotopic (exact) mass is 448 g/mol. The van der Waals surface area contributed by atoms with Gasteiger partial charge in [0.25, 0.3) is 0 Å². The van der Waals surface area contributed by atoms with E-state index in [9.17, 15) is 0 Å². The second-order valence-electron chi connectivity index (χ2n) is 10.4. The van der Waals surface area contributed by atoms with Crippen molar-refractivity contribution in [2.45, 2.75) is 168 Å². The Morgan fingerprint density at radius 1 is 0.406 bits per heavy atom. The number of hydrogen-bond donors (Lipinski definition) is 0. The van der Waals surface area contributed by atoms with E-state index < -0.39 is 0 Å². The lowest BCUT2D eigenvalue weighted by Crippen LogP contribution is -2.39. The molecule has 0 aliphatic carbocycles. The van der Waals surface area contributed by atoms with Crippen LogP contribution in [0.4, 0.5) is 0 Å². The Kier molecular flexibility index (Phi) is 20.3. The predicted molar refractivity (Wildman–Crippen MR) is 145 cm³/mol. The summed E-state index contributed by atoms with van der Waals surface area (Å²) in [6.07, 6.45) is 36.5. The van der Waals surface area contributed by atoms with Gasteiger partial charge in [0.1, 0.15) is 6.17 Å². The lowest BCUT2D eigenvalue weighted by atomic mass is 10.1. The second-order valence-corrected chi connectivity index (χ2v) is 10.4. The van der Waals surface area contributed by atoms with Crippen LogP contribution in [0.2, 0.25) is 0 Å². The third kappa shape index (κ3) is 15.2. The highest BCUT2D eigenvalue weighted by atomic mass is 15.4. The van der Waals surface area contributed by atoms with Crippen LogP contribution in [0, 0.1) is 0 Å². The van der Waals surface area contributed by atoms with E-state index >= 15 is 0 Å². The largest absolute Gasteiger partial charge is 0.356 e. The summed E-state index contributed by atoms with van der Waals surface area (Å²) in [5.74, 6) is 0. The fourth-order valence-electron chi connectivity index (χ4n) is 5.13. The zero-order valence-electron chi connectivity index (χ0n) is 22.6. The summed E-state index contributed by atoms with van der Waals surface area (Å²) in [5.41, 5.74) is 0. The highest BCUT2D eigenvalue weighted by molar-refractivity contribution is 4.97. The first-order valence-corrected chi connectivity index (χ1v) is 15.0. The zero-order chi connectivity index (χ0) is 23.1. The SMILES string of the molecule is CCCCCCCCCCCN1C=CN(CCCCCCCCCC)C1CCCCCC. The Labute approximate surface area is 203 Å². The van der Waals surface area contributed by atoms with Gasteiger partial charge >= 0.3 is 0 Å². The van der Waals surface area contributed by atoms with Gasteiger partial charge in [0.15, 0.2) is 0 Å². The molecule has 0 saturated heterocycles. The van der Waals surface area contributed by atoms with Crippen molar-refractivity contribution < 1.29 is 0 Å². The topological polar surface area (TPSA) is 6.48 Å². The molecule has 1 aliphatic rings. The summed E-state index contributed by atoms with van der Waals surface area (Å²) < 4.78 is 0. The summed E-state index contributed by atoms with van der Waals surface area (Å²) in [5, 5.41) is 0. The Balaban J connectivity index is 2.22. The Bertz CT molecular complexity index is 406. The van der Waals surface area contributed by atoms with E-state index in [0.717, 1.165) is 0 Å². The van der Waals surface area contributed by atoms with E-state index in [1.807, 2.05) is 0 Å². The molecule has 0 aromatic rings. The van der Waals surface area contributed by atoms with Crippen molar-refractivity contribution in [3.8, 4) is 0 Å². The van der Waals surface area contributed by atoms with E-state index in [2.05, 4.69) is 43.0 Å². The van der Waals surface area contributed by atoms with Gasteiger partial charge in [0, 0.05) is 25.5 Å². The summed E-state index contributed by atoms with van der Waals surface area (Å²) in [6.45, 7) is 9.46. The first-order chi connectivity index (χ1) is 15.8. The molecule has 1 atom stereocenters. The number of nitrogens with zero attached hydrogens (tertiary/aromatic N) is 2. The minimum Gasteiger partial charge on any atom is -0.356 e. The third-order valence-corrected chi connectivity index (χ3v) is 7.32. The standard InChI is InChI=1S/C30H60N2/c1-4-7-10-13-15-17-19-21-24-27-32-29-28-31(30(32)25-22-12-9-6-3)26-23-20-18-16-14-11-8-5-2/h28-30H,4-27H2,1-3H3. The van der Waals surface area contributed by atoms with Crippen LogP contribution in [0.25, 0.3) is 0 Å². The zero-order valence-corrected chi connectivity index (χ0v) is 22.6. The van der Waals surface area contributed by atoms with Crippen molar-refractivity contribution in [1.29, 1.82) is 0 Å². The molecule has 0 fully saturated rings. The summed E-state index contributed by atoms with van der Waals surface area (Å²) in [4.78, 5) is 5.36. The molecule has 1 heterocycles.